The van der Waals surface area contributed by atoms with E-state index in [1.54, 1.807) is 13.8 Å². The number of carbonyl (C=O) groups excluding carboxylic acids is 1. The van der Waals surface area contributed by atoms with Gasteiger partial charge in [0.2, 0.25) is 5.91 Å². The number of amides is 1. The topological polar surface area (TPSA) is 79.3 Å². The Bertz CT molecular complexity index is 468. The fourth-order valence-corrected chi connectivity index (χ4v) is 2.64. The van der Waals surface area contributed by atoms with Crippen molar-refractivity contribution in [2.75, 3.05) is 0 Å². The predicted molar refractivity (Wildman–Crippen MR) is 74.1 cm³/mol. The molecule has 0 spiro atoms. The van der Waals surface area contributed by atoms with Gasteiger partial charge in [0.15, 0.2) is 0 Å². The van der Waals surface area contributed by atoms with Crippen LogP contribution < -0.4 is 5.32 Å². The third-order valence-corrected chi connectivity index (χ3v) is 3.80. The van der Waals surface area contributed by atoms with Crippen LogP contribution in [0.4, 0.5) is 0 Å². The van der Waals surface area contributed by atoms with Crippen LogP contribution in [0.25, 0.3) is 0 Å². The van der Waals surface area contributed by atoms with Gasteiger partial charge in [-0.25, -0.2) is 4.98 Å². The molecule has 1 heterocycles. The summed E-state index contributed by atoms with van der Waals surface area (Å²) in [4.78, 5) is 26.9. The SMILES string of the molecule is Cc1csc(C(C)NC(=O)CC(C)(C)CC(=O)O)n1. The summed E-state index contributed by atoms with van der Waals surface area (Å²) in [5.41, 5.74) is 0.390. The first-order valence-electron chi connectivity index (χ1n) is 6.13. The van der Waals surface area contributed by atoms with E-state index in [-0.39, 0.29) is 24.8 Å². The maximum absolute atomic E-state index is 11.9. The Balaban J connectivity index is 2.53. The molecular formula is C13H20N2O3S. The highest BCUT2D eigenvalue weighted by Gasteiger charge is 2.26. The zero-order valence-electron chi connectivity index (χ0n) is 11.7. The number of rotatable bonds is 6. The number of aliphatic carboxylic acids is 1. The molecule has 0 saturated carbocycles. The van der Waals surface area contributed by atoms with Crippen LogP contribution in [0, 0.1) is 12.3 Å². The number of hydrogen-bond donors (Lipinski definition) is 2. The summed E-state index contributed by atoms with van der Waals surface area (Å²) in [6, 6.07) is -0.146. The molecular weight excluding hydrogens is 264 g/mol. The molecule has 1 unspecified atom stereocenters. The van der Waals surface area contributed by atoms with Gasteiger partial charge in [0.05, 0.1) is 12.5 Å². The minimum absolute atomic E-state index is 0.0227. The van der Waals surface area contributed by atoms with E-state index in [1.807, 2.05) is 19.2 Å². The quantitative estimate of drug-likeness (QED) is 0.841. The maximum Gasteiger partial charge on any atom is 0.303 e. The number of carboxylic acid groups (broad SMARTS) is 1. The Hall–Kier alpha value is -1.43. The second-order valence-electron chi connectivity index (χ2n) is 5.53. The lowest BCUT2D eigenvalue weighted by Crippen LogP contribution is -2.31. The summed E-state index contributed by atoms with van der Waals surface area (Å²) in [5.74, 6) is -1.03. The van der Waals surface area contributed by atoms with Gasteiger partial charge in [0.1, 0.15) is 5.01 Å². The smallest absolute Gasteiger partial charge is 0.303 e. The van der Waals surface area contributed by atoms with Crippen molar-refractivity contribution >= 4 is 23.2 Å². The van der Waals surface area contributed by atoms with Crippen molar-refractivity contribution in [1.82, 2.24) is 10.3 Å². The number of nitrogens with zero attached hydrogens (tertiary/aromatic N) is 1. The molecule has 0 aromatic carbocycles. The largest absolute Gasteiger partial charge is 0.481 e. The van der Waals surface area contributed by atoms with E-state index in [0.717, 1.165) is 10.7 Å². The van der Waals surface area contributed by atoms with Crippen LogP contribution in [0.15, 0.2) is 5.38 Å². The Morgan fingerprint density at radius 1 is 1.47 bits per heavy atom. The van der Waals surface area contributed by atoms with E-state index in [0.29, 0.717) is 0 Å². The molecule has 1 atom stereocenters. The molecule has 106 valence electrons. The highest BCUT2D eigenvalue weighted by molar-refractivity contribution is 7.09. The van der Waals surface area contributed by atoms with Crippen molar-refractivity contribution in [2.45, 2.75) is 46.6 Å². The summed E-state index contributed by atoms with van der Waals surface area (Å²) >= 11 is 1.51. The molecule has 0 fully saturated rings. The van der Waals surface area contributed by atoms with Gasteiger partial charge >= 0.3 is 5.97 Å². The molecule has 6 heteroatoms. The van der Waals surface area contributed by atoms with E-state index in [1.165, 1.54) is 11.3 Å². The maximum atomic E-state index is 11.9. The van der Waals surface area contributed by atoms with Crippen LogP contribution in [0.5, 0.6) is 0 Å². The average molecular weight is 284 g/mol. The van der Waals surface area contributed by atoms with E-state index >= 15 is 0 Å². The second-order valence-corrected chi connectivity index (χ2v) is 6.42. The fourth-order valence-electron chi connectivity index (χ4n) is 1.83. The van der Waals surface area contributed by atoms with Crippen molar-refractivity contribution in [3.05, 3.63) is 16.1 Å². The summed E-state index contributed by atoms with van der Waals surface area (Å²) in [6.45, 7) is 7.34. The number of aromatic nitrogens is 1. The molecule has 0 bridgehead atoms. The van der Waals surface area contributed by atoms with Crippen LogP contribution in [0.2, 0.25) is 0 Å². The molecule has 1 aromatic rings. The lowest BCUT2D eigenvalue weighted by Gasteiger charge is -2.22. The normalized spacial score (nSPS) is 13.1. The Morgan fingerprint density at radius 2 is 2.11 bits per heavy atom. The van der Waals surface area contributed by atoms with E-state index in [9.17, 15) is 9.59 Å². The van der Waals surface area contributed by atoms with Crippen LogP contribution in [0.3, 0.4) is 0 Å². The average Bonchev–Trinajstić information content (AvgIpc) is 2.61. The first kappa shape index (κ1) is 15.6. The number of thiazole rings is 1. The summed E-state index contributed by atoms with van der Waals surface area (Å²) < 4.78 is 0. The third kappa shape index (κ3) is 5.38. The summed E-state index contributed by atoms with van der Waals surface area (Å²) in [6.07, 6.45) is 0.166. The van der Waals surface area contributed by atoms with E-state index < -0.39 is 11.4 Å². The lowest BCUT2D eigenvalue weighted by atomic mass is 9.85. The highest BCUT2D eigenvalue weighted by atomic mass is 32.1. The van der Waals surface area contributed by atoms with Crippen molar-refractivity contribution < 1.29 is 14.7 Å². The van der Waals surface area contributed by atoms with Crippen LogP contribution in [0.1, 0.15) is 50.4 Å². The second kappa shape index (κ2) is 6.14. The molecule has 1 amide bonds. The lowest BCUT2D eigenvalue weighted by molar-refractivity contribution is -0.139. The van der Waals surface area contributed by atoms with Gasteiger partial charge in [-0.3, -0.25) is 9.59 Å². The zero-order valence-corrected chi connectivity index (χ0v) is 12.5. The van der Waals surface area contributed by atoms with Gasteiger partial charge in [-0.2, -0.15) is 0 Å². The Morgan fingerprint density at radius 3 is 2.58 bits per heavy atom. The first-order chi connectivity index (χ1) is 8.69. The molecule has 0 aliphatic heterocycles. The van der Waals surface area contributed by atoms with Crippen LogP contribution in [-0.4, -0.2) is 22.0 Å². The fraction of sp³-hybridized carbons (Fsp3) is 0.615. The number of hydrogen-bond acceptors (Lipinski definition) is 4. The minimum Gasteiger partial charge on any atom is -0.481 e. The molecule has 2 N–H and O–H groups in total. The third-order valence-electron chi connectivity index (χ3n) is 2.65. The van der Waals surface area contributed by atoms with Gasteiger partial charge in [0.25, 0.3) is 0 Å². The van der Waals surface area contributed by atoms with Gasteiger partial charge in [0, 0.05) is 17.5 Å². The number of aryl methyl sites for hydroxylation is 1. The molecule has 0 aliphatic rings. The number of carboxylic acids is 1. The van der Waals surface area contributed by atoms with Crippen molar-refractivity contribution in [1.29, 1.82) is 0 Å². The monoisotopic (exact) mass is 284 g/mol. The van der Waals surface area contributed by atoms with E-state index in [2.05, 4.69) is 10.3 Å². The minimum atomic E-state index is -0.888. The molecule has 19 heavy (non-hydrogen) atoms. The molecule has 0 radical (unpaired) electrons. The molecule has 1 rings (SSSR count). The Labute approximate surface area is 117 Å². The summed E-state index contributed by atoms with van der Waals surface area (Å²) in [7, 11) is 0. The van der Waals surface area contributed by atoms with Gasteiger partial charge in [-0.05, 0) is 19.3 Å². The standard InChI is InChI=1S/C13H20N2O3S/c1-8-7-19-12(14-8)9(2)15-10(16)5-13(3,4)6-11(17)18/h7,9H,5-6H2,1-4H3,(H,15,16)(H,17,18). The zero-order chi connectivity index (χ0) is 14.6. The van der Waals surface area contributed by atoms with Gasteiger partial charge in [-0.15, -0.1) is 11.3 Å². The predicted octanol–water partition coefficient (Wildman–Crippen LogP) is 2.52. The molecule has 0 saturated heterocycles. The molecule has 5 nitrogen and oxygen atoms in total. The first-order valence-corrected chi connectivity index (χ1v) is 7.01. The molecule has 1 aromatic heterocycles. The number of carbonyl (C=O) groups is 2. The van der Waals surface area contributed by atoms with E-state index in [4.69, 9.17) is 5.11 Å². The summed E-state index contributed by atoms with van der Waals surface area (Å²) in [5, 5.41) is 14.4. The number of nitrogens with one attached hydrogen (secondary N) is 1. The highest BCUT2D eigenvalue weighted by Crippen LogP contribution is 2.25. The van der Waals surface area contributed by atoms with Gasteiger partial charge in [-0.1, -0.05) is 13.8 Å². The van der Waals surface area contributed by atoms with Gasteiger partial charge < -0.3 is 10.4 Å². The van der Waals surface area contributed by atoms with Crippen LogP contribution in [-0.2, 0) is 9.59 Å². The van der Waals surface area contributed by atoms with Crippen LogP contribution >= 0.6 is 11.3 Å². The van der Waals surface area contributed by atoms with Crippen molar-refractivity contribution in [3.8, 4) is 0 Å². The van der Waals surface area contributed by atoms with Crippen molar-refractivity contribution in [2.24, 2.45) is 5.41 Å². The van der Waals surface area contributed by atoms with Crippen molar-refractivity contribution in [3.63, 3.8) is 0 Å². The Kier molecular flexibility index (Phi) is 5.05. The molecule has 0 aliphatic carbocycles.